The molecule has 0 heterocycles. The topological polar surface area (TPSA) is 26.0 Å². The lowest BCUT2D eigenvalue weighted by molar-refractivity contribution is -0.137. The minimum absolute atomic E-state index is 0.171. The Kier molecular flexibility index (Phi) is 2.22. The van der Waals surface area contributed by atoms with Crippen LogP contribution in [0, 0.1) is 0 Å². The standard InChI is InChI=1S/C9H10F3N/c1-6(13)7-2-4-8(5-3-7)9(10,11)12/h2-6H,13H2,1H3/i2D. The molecule has 0 saturated heterocycles. The second kappa shape index (κ2) is 3.38. The van der Waals surface area contributed by atoms with Crippen LogP contribution in [0.25, 0.3) is 0 Å². The summed E-state index contributed by atoms with van der Waals surface area (Å²) >= 11 is 0. The predicted molar refractivity (Wildman–Crippen MR) is 44.0 cm³/mol. The molecule has 1 aromatic rings. The van der Waals surface area contributed by atoms with Gasteiger partial charge in [0.1, 0.15) is 0 Å². The summed E-state index contributed by atoms with van der Waals surface area (Å²) in [7, 11) is 0. The van der Waals surface area contributed by atoms with E-state index in [9.17, 15) is 13.2 Å². The van der Waals surface area contributed by atoms with Crippen molar-refractivity contribution in [1.82, 2.24) is 0 Å². The molecule has 0 amide bonds. The van der Waals surface area contributed by atoms with Crippen LogP contribution in [-0.2, 0) is 6.18 Å². The number of alkyl halides is 3. The predicted octanol–water partition coefficient (Wildman–Crippen LogP) is 2.73. The molecule has 4 heteroatoms. The van der Waals surface area contributed by atoms with Gasteiger partial charge in [0.25, 0.3) is 0 Å². The van der Waals surface area contributed by atoms with Gasteiger partial charge in [0.15, 0.2) is 0 Å². The van der Waals surface area contributed by atoms with Crippen molar-refractivity contribution >= 4 is 0 Å². The van der Waals surface area contributed by atoms with E-state index < -0.39 is 17.8 Å². The summed E-state index contributed by atoms with van der Waals surface area (Å²) in [5, 5.41) is 0. The molecular weight excluding hydrogens is 179 g/mol. The van der Waals surface area contributed by atoms with Crippen molar-refractivity contribution in [1.29, 1.82) is 0 Å². The molecule has 1 atom stereocenters. The highest BCUT2D eigenvalue weighted by molar-refractivity contribution is 5.26. The van der Waals surface area contributed by atoms with Crippen molar-refractivity contribution in [2.45, 2.75) is 19.1 Å². The summed E-state index contributed by atoms with van der Waals surface area (Å²) in [5.41, 5.74) is 5.07. The van der Waals surface area contributed by atoms with Gasteiger partial charge in [-0.15, -0.1) is 0 Å². The summed E-state index contributed by atoms with van der Waals surface area (Å²) in [6.07, 6.45) is -4.40. The van der Waals surface area contributed by atoms with Crippen LogP contribution in [0.5, 0.6) is 0 Å². The fourth-order valence-corrected chi connectivity index (χ4v) is 0.896. The van der Waals surface area contributed by atoms with Gasteiger partial charge in [-0.2, -0.15) is 13.2 Å². The van der Waals surface area contributed by atoms with E-state index in [1.165, 1.54) is 6.07 Å². The van der Waals surface area contributed by atoms with Crippen molar-refractivity contribution in [3.05, 3.63) is 35.4 Å². The molecule has 0 spiro atoms. The van der Waals surface area contributed by atoms with Crippen LogP contribution in [0.3, 0.4) is 0 Å². The van der Waals surface area contributed by atoms with Crippen LogP contribution < -0.4 is 5.73 Å². The zero-order valence-electron chi connectivity index (χ0n) is 8.02. The number of rotatable bonds is 1. The summed E-state index contributed by atoms with van der Waals surface area (Å²) in [6, 6.07) is 2.38. The maximum atomic E-state index is 12.2. The lowest BCUT2D eigenvalue weighted by atomic mass is 10.1. The number of benzene rings is 1. The highest BCUT2D eigenvalue weighted by Gasteiger charge is 2.29. The van der Waals surface area contributed by atoms with E-state index in [-0.39, 0.29) is 6.04 Å². The van der Waals surface area contributed by atoms with Gasteiger partial charge < -0.3 is 5.73 Å². The van der Waals surface area contributed by atoms with Gasteiger partial charge >= 0.3 is 6.18 Å². The van der Waals surface area contributed by atoms with Gasteiger partial charge in [-0.25, -0.2) is 0 Å². The molecule has 0 radical (unpaired) electrons. The summed E-state index contributed by atoms with van der Waals surface area (Å²) in [4.78, 5) is 0. The number of hydrogen-bond acceptors (Lipinski definition) is 1. The minimum Gasteiger partial charge on any atom is -0.324 e. The van der Waals surface area contributed by atoms with Crippen molar-refractivity contribution in [2.24, 2.45) is 5.73 Å². The third-order valence-electron chi connectivity index (χ3n) is 1.65. The second-order valence-corrected chi connectivity index (χ2v) is 2.82. The lowest BCUT2D eigenvalue weighted by Crippen LogP contribution is -2.07. The Balaban J connectivity index is 3.13. The van der Waals surface area contributed by atoms with Crippen LogP contribution in [0.4, 0.5) is 13.2 Å². The van der Waals surface area contributed by atoms with Crippen LogP contribution in [-0.4, -0.2) is 0 Å². The zero-order valence-corrected chi connectivity index (χ0v) is 7.02. The first-order valence-corrected chi connectivity index (χ1v) is 3.75. The Hall–Kier alpha value is -1.03. The normalized spacial score (nSPS) is 15.3. The van der Waals surface area contributed by atoms with Crippen molar-refractivity contribution in [3.63, 3.8) is 0 Å². The quantitative estimate of drug-likeness (QED) is 0.723. The third kappa shape index (κ3) is 2.45. The molecule has 1 aromatic carbocycles. The molecule has 0 aliphatic carbocycles. The molecule has 13 heavy (non-hydrogen) atoms. The average molecular weight is 190 g/mol. The van der Waals surface area contributed by atoms with E-state index in [1.54, 1.807) is 6.92 Å². The maximum absolute atomic E-state index is 12.2. The Morgan fingerprint density at radius 1 is 1.38 bits per heavy atom. The van der Waals surface area contributed by atoms with E-state index in [4.69, 9.17) is 7.10 Å². The van der Waals surface area contributed by atoms with E-state index in [1.807, 2.05) is 0 Å². The van der Waals surface area contributed by atoms with Gasteiger partial charge in [-0.3, -0.25) is 0 Å². The van der Waals surface area contributed by atoms with E-state index in [0.29, 0.717) is 5.56 Å². The number of hydrogen-bond donors (Lipinski definition) is 1. The highest BCUT2D eigenvalue weighted by Crippen LogP contribution is 2.29. The van der Waals surface area contributed by atoms with E-state index in [0.717, 1.165) is 12.1 Å². The average Bonchev–Trinajstić information content (AvgIpc) is 2.01. The van der Waals surface area contributed by atoms with Crippen LogP contribution >= 0.6 is 0 Å². The first-order valence-electron chi connectivity index (χ1n) is 4.25. The molecule has 0 aliphatic heterocycles. The first-order chi connectivity index (χ1) is 6.32. The van der Waals surface area contributed by atoms with Crippen molar-refractivity contribution in [2.75, 3.05) is 0 Å². The van der Waals surface area contributed by atoms with Gasteiger partial charge in [0, 0.05) is 6.04 Å². The molecule has 1 nitrogen and oxygen atoms in total. The Morgan fingerprint density at radius 3 is 2.38 bits per heavy atom. The number of halogens is 3. The molecule has 0 fully saturated rings. The molecule has 0 aliphatic rings. The summed E-state index contributed by atoms with van der Waals surface area (Å²) < 4.78 is 43.9. The molecule has 1 rings (SSSR count). The third-order valence-corrected chi connectivity index (χ3v) is 1.65. The van der Waals surface area contributed by atoms with E-state index >= 15 is 0 Å². The molecule has 0 saturated carbocycles. The smallest absolute Gasteiger partial charge is 0.324 e. The van der Waals surface area contributed by atoms with Gasteiger partial charge in [-0.1, -0.05) is 12.1 Å². The molecular formula is C9H10F3N. The lowest BCUT2D eigenvalue weighted by Gasteiger charge is -2.09. The second-order valence-electron chi connectivity index (χ2n) is 2.82. The Morgan fingerprint density at radius 2 is 2.00 bits per heavy atom. The first kappa shape index (κ1) is 8.56. The number of nitrogens with two attached hydrogens (primary N) is 1. The van der Waals surface area contributed by atoms with Crippen molar-refractivity contribution in [3.8, 4) is 0 Å². The van der Waals surface area contributed by atoms with Crippen LogP contribution in [0.1, 0.15) is 25.5 Å². The van der Waals surface area contributed by atoms with Crippen molar-refractivity contribution < 1.29 is 14.5 Å². The Bertz CT molecular complexity index is 333. The molecule has 72 valence electrons. The van der Waals surface area contributed by atoms with Gasteiger partial charge in [0.05, 0.1) is 6.93 Å². The monoisotopic (exact) mass is 190 g/mol. The highest BCUT2D eigenvalue weighted by atomic mass is 19.4. The largest absolute Gasteiger partial charge is 0.416 e. The zero-order chi connectivity index (χ0) is 10.9. The maximum Gasteiger partial charge on any atom is 0.416 e. The van der Waals surface area contributed by atoms with Crippen LogP contribution in [0.2, 0.25) is 0 Å². The minimum atomic E-state index is -4.40. The Labute approximate surface area is 75.8 Å². The summed E-state index contributed by atoms with van der Waals surface area (Å²) in [6.45, 7) is 1.63. The van der Waals surface area contributed by atoms with Gasteiger partial charge in [-0.05, 0) is 24.6 Å². The molecule has 2 N–H and O–H groups in total. The van der Waals surface area contributed by atoms with Crippen LogP contribution in [0.15, 0.2) is 24.2 Å². The fraction of sp³-hybridized carbons (Fsp3) is 0.333. The fourth-order valence-electron chi connectivity index (χ4n) is 0.896. The molecule has 0 bridgehead atoms. The summed E-state index contributed by atoms with van der Waals surface area (Å²) in [5.74, 6) is 0. The SMILES string of the molecule is [2H]c1cc(C(F)(F)F)ccc1C(C)N. The molecule has 0 aromatic heterocycles. The van der Waals surface area contributed by atoms with Gasteiger partial charge in [0.2, 0.25) is 0 Å². The molecule has 1 unspecified atom stereocenters. The van der Waals surface area contributed by atoms with E-state index in [2.05, 4.69) is 0 Å².